The molecule has 0 spiro atoms. The monoisotopic (exact) mass is 843 g/mol. The van der Waals surface area contributed by atoms with Crippen molar-refractivity contribution in [2.75, 3.05) is 19.0 Å². The number of aliphatic hydroxyl groups excluding tert-OH is 3. The fraction of sp³-hybridized carbons (Fsp3) is 0.778. The van der Waals surface area contributed by atoms with E-state index >= 15 is 0 Å². The Morgan fingerprint density at radius 2 is 1.03 bits per heavy atom. The molecule has 0 aromatic heterocycles. The second kappa shape index (κ2) is 35.4. The lowest BCUT2D eigenvalue weighted by molar-refractivity contribution is -0.297. The molecule has 2 unspecified atom stereocenters. The van der Waals surface area contributed by atoms with E-state index in [1.54, 1.807) is 0 Å². The second-order valence-electron chi connectivity index (χ2n) is 15.4. The maximum atomic E-state index is 12.8. The van der Waals surface area contributed by atoms with Crippen LogP contribution in [-0.4, -0.2) is 96.0 Å². The standard InChI is InChI=1S/C45H78O12S/c1-3-5-7-9-11-13-15-17-19-21-23-25-27-29-31-33-40(46)54-35-38(36-55-45-44(50)43(49)42(48)39(57-45)37-58(51,52)53)56-41(47)34-32-30-28-26-24-22-20-18-16-14-12-10-8-6-4-2/h11,13,17,19,22-25,38-39,42-45,48-50H,3-10,12,14-16,18,20-21,26-37H2,1-2H3,(H,51,52,53)/b13-11+,19-17+,24-22+,25-23+/t38-,39-,42-,43?,44?,45+/m1/s1. The molecule has 13 heteroatoms. The Bertz CT molecular complexity index is 1260. The quantitative estimate of drug-likeness (QED) is 0.0204. The highest BCUT2D eigenvalue weighted by Crippen LogP contribution is 2.24. The average molecular weight is 843 g/mol. The minimum absolute atomic E-state index is 0.135. The van der Waals surface area contributed by atoms with Gasteiger partial charge in [0.05, 0.1) is 6.61 Å². The Balaban J connectivity index is 2.51. The number of hydrogen-bond donors (Lipinski definition) is 4. The van der Waals surface area contributed by atoms with Crippen molar-refractivity contribution in [3.63, 3.8) is 0 Å². The van der Waals surface area contributed by atoms with Crippen molar-refractivity contribution in [1.29, 1.82) is 0 Å². The van der Waals surface area contributed by atoms with Crippen LogP contribution in [0.2, 0.25) is 0 Å². The Labute approximate surface area is 350 Å². The maximum absolute atomic E-state index is 12.8. The van der Waals surface area contributed by atoms with Crippen molar-refractivity contribution in [2.45, 2.75) is 205 Å². The van der Waals surface area contributed by atoms with E-state index in [9.17, 15) is 37.9 Å². The van der Waals surface area contributed by atoms with Crippen LogP contribution in [0.25, 0.3) is 0 Å². The van der Waals surface area contributed by atoms with Crippen LogP contribution in [0.3, 0.4) is 0 Å². The molecule has 12 nitrogen and oxygen atoms in total. The number of rotatable bonds is 36. The molecule has 0 aromatic rings. The fourth-order valence-electron chi connectivity index (χ4n) is 6.38. The van der Waals surface area contributed by atoms with Crippen molar-refractivity contribution >= 4 is 22.1 Å². The highest BCUT2D eigenvalue weighted by molar-refractivity contribution is 7.85. The van der Waals surface area contributed by atoms with Crippen LogP contribution in [0.5, 0.6) is 0 Å². The summed E-state index contributed by atoms with van der Waals surface area (Å²) < 4.78 is 53.9. The lowest BCUT2D eigenvalue weighted by Crippen LogP contribution is -2.60. The zero-order chi connectivity index (χ0) is 42.7. The van der Waals surface area contributed by atoms with Crippen molar-refractivity contribution < 1.29 is 56.8 Å². The summed E-state index contributed by atoms with van der Waals surface area (Å²) in [6, 6.07) is 0. The van der Waals surface area contributed by atoms with Gasteiger partial charge >= 0.3 is 11.9 Å². The smallest absolute Gasteiger partial charge is 0.306 e. The predicted molar refractivity (Wildman–Crippen MR) is 229 cm³/mol. The van der Waals surface area contributed by atoms with Gasteiger partial charge in [0.2, 0.25) is 0 Å². The average Bonchev–Trinajstić information content (AvgIpc) is 3.18. The zero-order valence-corrected chi connectivity index (χ0v) is 36.5. The summed E-state index contributed by atoms with van der Waals surface area (Å²) in [5, 5.41) is 30.8. The summed E-state index contributed by atoms with van der Waals surface area (Å²) in [5.74, 6) is -2.06. The summed E-state index contributed by atoms with van der Waals surface area (Å²) in [5.41, 5.74) is 0. The maximum Gasteiger partial charge on any atom is 0.306 e. The Hall–Kier alpha value is -2.39. The van der Waals surface area contributed by atoms with Gasteiger partial charge in [-0.25, -0.2) is 0 Å². The van der Waals surface area contributed by atoms with Crippen molar-refractivity contribution in [1.82, 2.24) is 0 Å². The van der Waals surface area contributed by atoms with Gasteiger partial charge in [0.1, 0.15) is 36.8 Å². The number of esters is 2. The molecule has 1 aliphatic rings. The van der Waals surface area contributed by atoms with Crippen LogP contribution < -0.4 is 0 Å². The zero-order valence-electron chi connectivity index (χ0n) is 35.6. The van der Waals surface area contributed by atoms with E-state index in [4.69, 9.17) is 18.9 Å². The molecule has 1 fully saturated rings. The third kappa shape index (κ3) is 29.8. The molecule has 0 radical (unpaired) electrons. The van der Waals surface area contributed by atoms with Crippen LogP contribution in [0, 0.1) is 0 Å². The molecular formula is C45H78O12S. The van der Waals surface area contributed by atoms with E-state index in [1.807, 2.05) is 0 Å². The highest BCUT2D eigenvalue weighted by Gasteiger charge is 2.46. The largest absolute Gasteiger partial charge is 0.462 e. The molecule has 1 saturated heterocycles. The molecule has 0 aromatic carbocycles. The van der Waals surface area contributed by atoms with Gasteiger partial charge in [0, 0.05) is 12.8 Å². The van der Waals surface area contributed by atoms with Crippen LogP contribution in [0.15, 0.2) is 48.6 Å². The molecule has 336 valence electrons. The number of carbonyl (C=O) groups is 2. The molecule has 6 atom stereocenters. The highest BCUT2D eigenvalue weighted by atomic mass is 32.2. The minimum Gasteiger partial charge on any atom is -0.462 e. The number of hydrogen-bond acceptors (Lipinski definition) is 11. The van der Waals surface area contributed by atoms with Crippen molar-refractivity contribution in [3.8, 4) is 0 Å². The number of carbonyl (C=O) groups excluding carboxylic acids is 2. The molecule has 1 rings (SSSR count). The van der Waals surface area contributed by atoms with Gasteiger partial charge in [0.25, 0.3) is 10.1 Å². The molecule has 0 amide bonds. The van der Waals surface area contributed by atoms with E-state index < -0.39 is 71.2 Å². The third-order valence-corrected chi connectivity index (χ3v) is 10.6. The SMILES string of the molecule is CCCCC/C=C/C/C=C/C/C=C/CCCCC(=O)OC[C@H](CO[C@H]1O[C@H](CS(=O)(=O)O)[C@@H](O)C(O)C1O)OC(=O)CCCCC/C=C/CCCCCCCCCC. The molecular weight excluding hydrogens is 765 g/mol. The van der Waals surface area contributed by atoms with E-state index in [2.05, 4.69) is 62.5 Å². The van der Waals surface area contributed by atoms with E-state index in [-0.39, 0.29) is 19.4 Å². The van der Waals surface area contributed by atoms with E-state index in [0.717, 1.165) is 57.8 Å². The molecule has 0 bridgehead atoms. The molecule has 1 aliphatic heterocycles. The Morgan fingerprint density at radius 3 is 1.62 bits per heavy atom. The van der Waals surface area contributed by atoms with Gasteiger partial charge in [-0.05, 0) is 77.0 Å². The number of unbranched alkanes of at least 4 members (excludes halogenated alkanes) is 16. The number of allylic oxidation sites excluding steroid dienone is 8. The van der Waals surface area contributed by atoms with Gasteiger partial charge in [-0.2, -0.15) is 8.42 Å². The summed E-state index contributed by atoms with van der Waals surface area (Å²) >= 11 is 0. The first-order valence-corrected chi connectivity index (χ1v) is 23.8. The second-order valence-corrected chi connectivity index (χ2v) is 16.9. The molecule has 1 heterocycles. The Morgan fingerprint density at radius 1 is 0.586 bits per heavy atom. The summed E-state index contributed by atoms with van der Waals surface area (Å²) in [6.07, 6.45) is 31.6. The normalized spacial score (nSPS) is 20.8. The third-order valence-electron chi connectivity index (χ3n) is 9.88. The summed E-state index contributed by atoms with van der Waals surface area (Å²) in [6.45, 7) is 3.67. The first kappa shape index (κ1) is 53.6. The van der Waals surface area contributed by atoms with Crippen molar-refractivity contribution in [3.05, 3.63) is 48.6 Å². The van der Waals surface area contributed by atoms with Crippen LogP contribution in [-0.2, 0) is 38.7 Å². The Kier molecular flexibility index (Phi) is 32.7. The first-order valence-electron chi connectivity index (χ1n) is 22.2. The van der Waals surface area contributed by atoms with Gasteiger partial charge in [-0.3, -0.25) is 14.1 Å². The van der Waals surface area contributed by atoms with Crippen LogP contribution in [0.1, 0.15) is 168 Å². The summed E-state index contributed by atoms with van der Waals surface area (Å²) in [7, 11) is -4.61. The first-order chi connectivity index (χ1) is 28.0. The molecule has 4 N–H and O–H groups in total. The van der Waals surface area contributed by atoms with E-state index in [0.29, 0.717) is 12.8 Å². The van der Waals surface area contributed by atoms with E-state index in [1.165, 1.54) is 70.6 Å². The van der Waals surface area contributed by atoms with Crippen LogP contribution >= 0.6 is 0 Å². The van der Waals surface area contributed by atoms with Crippen LogP contribution in [0.4, 0.5) is 0 Å². The lowest BCUT2D eigenvalue weighted by atomic mass is 10.00. The topological polar surface area (TPSA) is 186 Å². The predicted octanol–water partition coefficient (Wildman–Crippen LogP) is 8.78. The fourth-order valence-corrected chi connectivity index (χ4v) is 7.07. The minimum atomic E-state index is -4.61. The van der Waals surface area contributed by atoms with Gasteiger partial charge in [-0.1, -0.05) is 127 Å². The van der Waals surface area contributed by atoms with Gasteiger partial charge in [0.15, 0.2) is 12.4 Å². The number of aliphatic hydroxyl groups is 3. The van der Waals surface area contributed by atoms with Gasteiger partial charge in [-0.15, -0.1) is 0 Å². The number of ether oxygens (including phenoxy) is 4. The molecule has 0 aliphatic carbocycles. The molecule has 0 saturated carbocycles. The lowest BCUT2D eigenvalue weighted by Gasteiger charge is -2.40. The summed E-state index contributed by atoms with van der Waals surface area (Å²) in [4.78, 5) is 25.3. The van der Waals surface area contributed by atoms with Gasteiger partial charge < -0.3 is 34.3 Å². The molecule has 58 heavy (non-hydrogen) atoms. The van der Waals surface area contributed by atoms with Crippen molar-refractivity contribution in [2.24, 2.45) is 0 Å².